The van der Waals surface area contributed by atoms with Gasteiger partial charge in [0.25, 0.3) is 0 Å². The molecule has 2 rings (SSSR count). The van der Waals surface area contributed by atoms with E-state index in [1.165, 1.54) is 4.88 Å². The van der Waals surface area contributed by atoms with Crippen molar-refractivity contribution in [3.63, 3.8) is 0 Å². The summed E-state index contributed by atoms with van der Waals surface area (Å²) in [6.07, 6.45) is 2.90. The number of aryl methyl sites for hydroxylation is 2. The SMILES string of the molecule is CCNC(=NCCc1sc(C)nc1C)NC1CCN(CC(N)=O)CC1. The van der Waals surface area contributed by atoms with Crippen LogP contribution in [0.2, 0.25) is 0 Å². The van der Waals surface area contributed by atoms with Gasteiger partial charge in [-0.25, -0.2) is 4.98 Å². The summed E-state index contributed by atoms with van der Waals surface area (Å²) in [5.41, 5.74) is 6.39. The Balaban J connectivity index is 1.81. The number of nitrogens with one attached hydrogen (secondary N) is 2. The van der Waals surface area contributed by atoms with E-state index in [0.717, 1.165) is 62.1 Å². The molecule has 0 spiro atoms. The molecule has 4 N–H and O–H groups in total. The summed E-state index contributed by atoms with van der Waals surface area (Å²) in [5, 5.41) is 7.95. The first-order valence-corrected chi connectivity index (χ1v) is 9.78. The maximum absolute atomic E-state index is 11.0. The van der Waals surface area contributed by atoms with E-state index in [2.05, 4.69) is 34.4 Å². The predicted octanol–water partition coefficient (Wildman–Crippen LogP) is 0.807. The van der Waals surface area contributed by atoms with Gasteiger partial charge in [-0.2, -0.15) is 0 Å². The highest BCUT2D eigenvalue weighted by Crippen LogP contribution is 2.17. The van der Waals surface area contributed by atoms with Gasteiger partial charge in [-0.15, -0.1) is 11.3 Å². The lowest BCUT2D eigenvalue weighted by Gasteiger charge is -2.32. The number of amides is 1. The lowest BCUT2D eigenvalue weighted by Crippen LogP contribution is -2.49. The number of nitrogens with two attached hydrogens (primary N) is 1. The quantitative estimate of drug-likeness (QED) is 0.490. The normalized spacial score (nSPS) is 16.8. The molecule has 25 heavy (non-hydrogen) atoms. The van der Waals surface area contributed by atoms with Crippen molar-refractivity contribution in [2.45, 2.75) is 46.1 Å². The van der Waals surface area contributed by atoms with Gasteiger partial charge in [0.05, 0.1) is 17.2 Å². The van der Waals surface area contributed by atoms with Crippen LogP contribution in [-0.4, -0.2) is 60.5 Å². The second kappa shape index (κ2) is 9.72. The van der Waals surface area contributed by atoms with Crippen LogP contribution in [0.25, 0.3) is 0 Å². The summed E-state index contributed by atoms with van der Waals surface area (Å²) >= 11 is 1.76. The number of hydrogen-bond acceptors (Lipinski definition) is 5. The molecule has 1 aliphatic heterocycles. The van der Waals surface area contributed by atoms with E-state index in [-0.39, 0.29) is 5.91 Å². The van der Waals surface area contributed by atoms with Crippen LogP contribution in [0.4, 0.5) is 0 Å². The van der Waals surface area contributed by atoms with Crippen molar-refractivity contribution in [2.75, 3.05) is 32.7 Å². The highest BCUT2D eigenvalue weighted by atomic mass is 32.1. The highest BCUT2D eigenvalue weighted by Gasteiger charge is 2.20. The molecule has 0 unspecified atom stereocenters. The Morgan fingerprint density at radius 3 is 2.68 bits per heavy atom. The Kier molecular flexibility index (Phi) is 7.64. The van der Waals surface area contributed by atoms with Gasteiger partial charge in [-0.05, 0) is 33.6 Å². The number of hydrogen-bond donors (Lipinski definition) is 3. The number of thiazole rings is 1. The first kappa shape index (κ1) is 19.7. The Hall–Kier alpha value is -1.67. The largest absolute Gasteiger partial charge is 0.369 e. The molecule has 1 fully saturated rings. The molecular weight excluding hydrogens is 336 g/mol. The number of carbonyl (C=O) groups is 1. The minimum Gasteiger partial charge on any atom is -0.369 e. The highest BCUT2D eigenvalue weighted by molar-refractivity contribution is 7.11. The molecule has 140 valence electrons. The van der Waals surface area contributed by atoms with E-state index < -0.39 is 0 Å². The number of guanidine groups is 1. The smallest absolute Gasteiger partial charge is 0.231 e. The number of primary amides is 1. The summed E-state index contributed by atoms with van der Waals surface area (Å²) in [4.78, 5) is 23.6. The monoisotopic (exact) mass is 366 g/mol. The number of nitrogens with zero attached hydrogens (tertiary/aromatic N) is 3. The number of aromatic nitrogens is 1. The van der Waals surface area contributed by atoms with Crippen molar-refractivity contribution >= 4 is 23.2 Å². The molecular formula is C17H30N6OS. The Labute approximate surface area is 154 Å². The lowest BCUT2D eigenvalue weighted by atomic mass is 10.1. The van der Waals surface area contributed by atoms with Crippen molar-refractivity contribution < 1.29 is 4.79 Å². The second-order valence-electron chi connectivity index (χ2n) is 6.41. The second-order valence-corrected chi connectivity index (χ2v) is 7.70. The van der Waals surface area contributed by atoms with Crippen LogP contribution in [0.15, 0.2) is 4.99 Å². The van der Waals surface area contributed by atoms with Crippen LogP contribution in [0.3, 0.4) is 0 Å². The molecule has 1 saturated heterocycles. The molecule has 8 heteroatoms. The summed E-state index contributed by atoms with van der Waals surface area (Å²) in [6, 6.07) is 0.384. The van der Waals surface area contributed by atoms with E-state index >= 15 is 0 Å². The van der Waals surface area contributed by atoms with Crippen LogP contribution in [0, 0.1) is 13.8 Å². The molecule has 0 aliphatic carbocycles. The maximum atomic E-state index is 11.0. The maximum Gasteiger partial charge on any atom is 0.231 e. The van der Waals surface area contributed by atoms with E-state index in [1.54, 1.807) is 11.3 Å². The average molecular weight is 367 g/mol. The van der Waals surface area contributed by atoms with E-state index in [4.69, 9.17) is 10.7 Å². The Morgan fingerprint density at radius 1 is 1.40 bits per heavy atom. The molecule has 0 aromatic carbocycles. The number of piperidine rings is 1. The van der Waals surface area contributed by atoms with Crippen LogP contribution in [0.5, 0.6) is 0 Å². The minimum atomic E-state index is -0.255. The lowest BCUT2D eigenvalue weighted by molar-refractivity contribution is -0.119. The molecule has 2 heterocycles. The van der Waals surface area contributed by atoms with Crippen LogP contribution < -0.4 is 16.4 Å². The fourth-order valence-corrected chi connectivity index (χ4v) is 3.97. The van der Waals surface area contributed by atoms with Crippen molar-refractivity contribution in [3.05, 3.63) is 15.6 Å². The van der Waals surface area contributed by atoms with Crippen molar-refractivity contribution in [1.82, 2.24) is 20.5 Å². The van der Waals surface area contributed by atoms with Crippen LogP contribution in [-0.2, 0) is 11.2 Å². The van der Waals surface area contributed by atoms with Crippen LogP contribution >= 0.6 is 11.3 Å². The number of rotatable bonds is 7. The Bertz CT molecular complexity index is 592. The van der Waals surface area contributed by atoms with E-state index in [1.807, 2.05) is 6.92 Å². The average Bonchev–Trinajstić information content (AvgIpc) is 2.86. The topological polar surface area (TPSA) is 95.6 Å². The van der Waals surface area contributed by atoms with Crippen molar-refractivity contribution in [1.29, 1.82) is 0 Å². The first-order valence-electron chi connectivity index (χ1n) is 8.96. The van der Waals surface area contributed by atoms with Gasteiger partial charge in [-0.1, -0.05) is 0 Å². The zero-order valence-electron chi connectivity index (χ0n) is 15.5. The van der Waals surface area contributed by atoms with Gasteiger partial charge < -0.3 is 16.4 Å². The molecule has 1 aliphatic rings. The van der Waals surface area contributed by atoms with Gasteiger partial charge in [0.15, 0.2) is 5.96 Å². The van der Waals surface area contributed by atoms with E-state index in [0.29, 0.717) is 12.6 Å². The summed E-state index contributed by atoms with van der Waals surface area (Å²) in [7, 11) is 0. The van der Waals surface area contributed by atoms with Gasteiger partial charge in [0.2, 0.25) is 5.91 Å². The van der Waals surface area contributed by atoms with Crippen molar-refractivity contribution in [3.8, 4) is 0 Å². The van der Waals surface area contributed by atoms with Gasteiger partial charge >= 0.3 is 0 Å². The molecule has 7 nitrogen and oxygen atoms in total. The molecule has 0 bridgehead atoms. The standard InChI is InChI=1S/C17H30N6OS/c1-4-19-17(20-8-5-15-12(2)21-13(3)25-15)22-14-6-9-23(10-7-14)11-16(18)24/h14H,4-11H2,1-3H3,(H2,18,24)(H2,19,20,22). The fourth-order valence-electron chi connectivity index (χ4n) is 3.04. The summed E-state index contributed by atoms with van der Waals surface area (Å²) < 4.78 is 0. The minimum absolute atomic E-state index is 0.255. The third-order valence-corrected chi connectivity index (χ3v) is 5.39. The number of likely N-dealkylation sites (tertiary alicyclic amines) is 1. The molecule has 0 radical (unpaired) electrons. The molecule has 0 saturated carbocycles. The molecule has 1 amide bonds. The fraction of sp³-hybridized carbons (Fsp3) is 0.706. The first-order chi connectivity index (χ1) is 12.0. The molecule has 1 aromatic rings. The van der Waals surface area contributed by atoms with E-state index in [9.17, 15) is 4.79 Å². The van der Waals surface area contributed by atoms with Crippen LogP contribution in [0.1, 0.15) is 35.3 Å². The Morgan fingerprint density at radius 2 is 2.12 bits per heavy atom. The molecule has 0 atom stereocenters. The number of aliphatic imine (C=N–C) groups is 1. The number of carbonyl (C=O) groups excluding carboxylic acids is 1. The van der Waals surface area contributed by atoms with Gasteiger partial charge in [0, 0.05) is 43.5 Å². The zero-order valence-corrected chi connectivity index (χ0v) is 16.3. The van der Waals surface area contributed by atoms with Gasteiger partial charge in [0.1, 0.15) is 0 Å². The summed E-state index contributed by atoms with van der Waals surface area (Å²) in [5.74, 6) is 0.615. The summed E-state index contributed by atoms with van der Waals surface area (Å²) in [6.45, 7) is 9.90. The molecule has 1 aromatic heterocycles. The van der Waals surface area contributed by atoms with Crippen molar-refractivity contribution in [2.24, 2.45) is 10.7 Å². The third kappa shape index (κ3) is 6.62. The third-order valence-electron chi connectivity index (χ3n) is 4.26. The van der Waals surface area contributed by atoms with Gasteiger partial charge in [-0.3, -0.25) is 14.7 Å². The zero-order chi connectivity index (χ0) is 18.2. The predicted molar refractivity (Wildman–Crippen MR) is 103 cm³/mol.